The molecule has 2 heterocycles. The molecule has 0 saturated carbocycles. The molecular weight excluding hydrogens is 256 g/mol. The fourth-order valence-electron chi connectivity index (χ4n) is 4.14. The highest BCUT2D eigenvalue weighted by molar-refractivity contribution is 4.94. The van der Waals surface area contributed by atoms with E-state index in [0.717, 1.165) is 0 Å². The van der Waals surface area contributed by atoms with Gasteiger partial charge in [-0.1, -0.05) is 27.7 Å². The summed E-state index contributed by atoms with van der Waals surface area (Å²) in [6, 6.07) is 0. The minimum atomic E-state index is -0.540. The first-order chi connectivity index (χ1) is 9.30. The highest BCUT2D eigenvalue weighted by atomic mass is 16.7. The van der Waals surface area contributed by atoms with Gasteiger partial charge in [0, 0.05) is 11.8 Å². The van der Waals surface area contributed by atoms with Gasteiger partial charge in [0.2, 0.25) is 0 Å². The van der Waals surface area contributed by atoms with Crippen LogP contribution in [0.25, 0.3) is 0 Å². The van der Waals surface area contributed by atoms with Crippen LogP contribution in [0.2, 0.25) is 0 Å². The van der Waals surface area contributed by atoms with Crippen LogP contribution in [0.4, 0.5) is 0 Å². The smallest absolute Gasteiger partial charge is 0.169 e. The highest BCUT2D eigenvalue weighted by Gasteiger charge is 2.54. The molecule has 0 aromatic carbocycles. The zero-order valence-electron chi connectivity index (χ0n) is 13.8. The summed E-state index contributed by atoms with van der Waals surface area (Å²) in [4.78, 5) is 0. The fraction of sp³-hybridized carbons (Fsp3) is 1.00. The van der Waals surface area contributed by atoms with Crippen LogP contribution >= 0.6 is 0 Å². The van der Waals surface area contributed by atoms with Crippen LogP contribution in [-0.2, 0) is 18.9 Å². The Morgan fingerprint density at radius 2 is 0.850 bits per heavy atom. The summed E-state index contributed by atoms with van der Waals surface area (Å²) in [5.74, 6) is 0.231. The molecule has 2 aliphatic rings. The maximum Gasteiger partial charge on any atom is 0.169 e. The van der Waals surface area contributed by atoms with E-state index in [0.29, 0.717) is 38.3 Å². The molecule has 2 aliphatic heterocycles. The average molecular weight is 286 g/mol. The van der Waals surface area contributed by atoms with E-state index in [1.165, 1.54) is 0 Å². The lowest BCUT2D eigenvalue weighted by Crippen LogP contribution is -2.53. The predicted octanol–water partition coefficient (Wildman–Crippen LogP) is 3.06. The monoisotopic (exact) mass is 286 g/mol. The lowest BCUT2D eigenvalue weighted by molar-refractivity contribution is -0.269. The molecular formula is C16H30O4. The third-order valence-electron chi connectivity index (χ3n) is 4.76. The largest absolute Gasteiger partial charge is 0.348 e. The van der Waals surface area contributed by atoms with Gasteiger partial charge in [-0.15, -0.1) is 0 Å². The quantitative estimate of drug-likeness (QED) is 0.778. The maximum absolute atomic E-state index is 5.97. The van der Waals surface area contributed by atoms with Gasteiger partial charge >= 0.3 is 0 Å². The Morgan fingerprint density at radius 3 is 1.05 bits per heavy atom. The molecule has 2 rings (SSSR count). The van der Waals surface area contributed by atoms with Crippen molar-refractivity contribution >= 4 is 0 Å². The van der Waals surface area contributed by atoms with Gasteiger partial charge in [0.1, 0.15) is 0 Å². The Labute approximate surface area is 123 Å². The van der Waals surface area contributed by atoms with Crippen molar-refractivity contribution in [2.45, 2.75) is 53.1 Å². The van der Waals surface area contributed by atoms with Gasteiger partial charge in [0.15, 0.2) is 11.6 Å². The minimum absolute atomic E-state index is 0.230. The normalized spacial score (nSPS) is 28.2. The summed E-state index contributed by atoms with van der Waals surface area (Å²) < 4.78 is 23.9. The zero-order valence-corrected chi connectivity index (χ0v) is 13.8. The summed E-state index contributed by atoms with van der Waals surface area (Å²) >= 11 is 0. The molecule has 0 aromatic heterocycles. The molecule has 20 heavy (non-hydrogen) atoms. The van der Waals surface area contributed by atoms with Crippen molar-refractivity contribution in [1.82, 2.24) is 0 Å². The Bertz CT molecular complexity index is 282. The van der Waals surface area contributed by atoms with Crippen LogP contribution < -0.4 is 0 Å². The van der Waals surface area contributed by atoms with Crippen molar-refractivity contribution in [2.24, 2.45) is 23.7 Å². The van der Waals surface area contributed by atoms with E-state index in [4.69, 9.17) is 18.9 Å². The van der Waals surface area contributed by atoms with Crippen molar-refractivity contribution in [2.75, 3.05) is 26.4 Å². The Hall–Kier alpha value is -0.160. The summed E-state index contributed by atoms with van der Waals surface area (Å²) in [6.45, 7) is 15.7. The second-order valence-corrected chi connectivity index (χ2v) is 6.97. The van der Waals surface area contributed by atoms with Gasteiger partial charge in [0.05, 0.1) is 26.4 Å². The van der Waals surface area contributed by atoms with E-state index in [9.17, 15) is 0 Å². The number of rotatable bonds is 5. The van der Waals surface area contributed by atoms with Gasteiger partial charge in [-0.05, 0) is 25.7 Å². The average Bonchev–Trinajstić information content (AvgIpc) is 2.95. The minimum Gasteiger partial charge on any atom is -0.348 e. The fourth-order valence-corrected chi connectivity index (χ4v) is 4.14. The third kappa shape index (κ3) is 2.89. The van der Waals surface area contributed by atoms with E-state index in [1.807, 2.05) is 0 Å². The van der Waals surface area contributed by atoms with Gasteiger partial charge in [-0.2, -0.15) is 0 Å². The van der Waals surface area contributed by atoms with Crippen molar-refractivity contribution in [3.63, 3.8) is 0 Å². The number of ether oxygens (including phenoxy) is 4. The molecule has 4 nitrogen and oxygen atoms in total. The van der Waals surface area contributed by atoms with Crippen molar-refractivity contribution in [3.05, 3.63) is 0 Å². The number of hydrogen-bond donors (Lipinski definition) is 0. The molecule has 0 N–H and O–H groups in total. The van der Waals surface area contributed by atoms with Gasteiger partial charge in [-0.3, -0.25) is 0 Å². The third-order valence-corrected chi connectivity index (χ3v) is 4.76. The topological polar surface area (TPSA) is 36.9 Å². The standard InChI is InChI=1S/C16H30O4/c1-11(2)13(15(5)17-7-8-18-15)14(12(3)4)16(6)19-9-10-20-16/h11-14H,7-10H2,1-6H3. The summed E-state index contributed by atoms with van der Waals surface area (Å²) in [7, 11) is 0. The highest BCUT2D eigenvalue weighted by Crippen LogP contribution is 2.47. The molecule has 2 saturated heterocycles. The van der Waals surface area contributed by atoms with Gasteiger partial charge in [0.25, 0.3) is 0 Å². The summed E-state index contributed by atoms with van der Waals surface area (Å²) in [5.41, 5.74) is 0. The molecule has 0 aromatic rings. The SMILES string of the molecule is CC(C)C(C(C(C)C)C1(C)OCCO1)C1(C)OCCO1. The first kappa shape index (κ1) is 16.2. The number of hydrogen-bond acceptors (Lipinski definition) is 4. The van der Waals surface area contributed by atoms with Gasteiger partial charge < -0.3 is 18.9 Å². The first-order valence-corrected chi connectivity index (χ1v) is 7.86. The van der Waals surface area contributed by atoms with Crippen LogP contribution in [0.5, 0.6) is 0 Å². The van der Waals surface area contributed by atoms with E-state index >= 15 is 0 Å². The first-order valence-electron chi connectivity index (χ1n) is 7.86. The van der Waals surface area contributed by atoms with Crippen LogP contribution in [0.15, 0.2) is 0 Å². The second-order valence-electron chi connectivity index (χ2n) is 6.97. The summed E-state index contributed by atoms with van der Waals surface area (Å²) in [6.07, 6.45) is 0. The van der Waals surface area contributed by atoms with Crippen molar-refractivity contribution in [1.29, 1.82) is 0 Å². The molecule has 4 heteroatoms. The Morgan fingerprint density at radius 1 is 0.600 bits per heavy atom. The Balaban J connectivity index is 2.33. The van der Waals surface area contributed by atoms with Crippen molar-refractivity contribution < 1.29 is 18.9 Å². The van der Waals surface area contributed by atoms with Crippen LogP contribution in [0, 0.1) is 23.7 Å². The van der Waals surface area contributed by atoms with E-state index < -0.39 is 11.6 Å². The predicted molar refractivity (Wildman–Crippen MR) is 77.3 cm³/mol. The van der Waals surface area contributed by atoms with Crippen LogP contribution in [0.1, 0.15) is 41.5 Å². The van der Waals surface area contributed by atoms with E-state index in [-0.39, 0.29) is 11.8 Å². The molecule has 0 spiro atoms. The summed E-state index contributed by atoms with van der Waals surface area (Å²) in [5, 5.41) is 0. The lowest BCUT2D eigenvalue weighted by Gasteiger charge is -2.47. The van der Waals surface area contributed by atoms with Crippen LogP contribution in [-0.4, -0.2) is 38.0 Å². The molecule has 2 fully saturated rings. The molecule has 2 unspecified atom stereocenters. The van der Waals surface area contributed by atoms with Crippen molar-refractivity contribution in [3.8, 4) is 0 Å². The molecule has 0 amide bonds. The van der Waals surface area contributed by atoms with E-state index in [1.54, 1.807) is 0 Å². The van der Waals surface area contributed by atoms with E-state index in [2.05, 4.69) is 41.5 Å². The Kier molecular flexibility index (Phi) is 4.80. The molecule has 0 bridgehead atoms. The molecule has 0 radical (unpaired) electrons. The second kappa shape index (κ2) is 5.91. The molecule has 118 valence electrons. The van der Waals surface area contributed by atoms with Crippen LogP contribution in [0.3, 0.4) is 0 Å². The molecule has 0 aliphatic carbocycles. The zero-order chi connectivity index (χ0) is 15.0. The van der Waals surface area contributed by atoms with Gasteiger partial charge in [-0.25, -0.2) is 0 Å². The molecule has 2 atom stereocenters. The maximum atomic E-state index is 5.97. The lowest BCUT2D eigenvalue weighted by atomic mass is 9.69.